The summed E-state index contributed by atoms with van der Waals surface area (Å²) in [7, 11) is 3.26. The molecular formula is C11H19NO4. The molecule has 0 bridgehead atoms. The third-order valence-corrected chi connectivity index (χ3v) is 3.33. The highest BCUT2D eigenvalue weighted by Gasteiger charge is 2.41. The van der Waals surface area contributed by atoms with Gasteiger partial charge in [-0.3, -0.25) is 9.59 Å². The fraction of sp³-hybridized carbons (Fsp3) is 0.818. The topological polar surface area (TPSA) is 66.8 Å². The van der Waals surface area contributed by atoms with Crippen LogP contribution in [0.5, 0.6) is 0 Å². The number of rotatable bonds is 3. The average Bonchev–Trinajstić information content (AvgIpc) is 2.42. The van der Waals surface area contributed by atoms with Crippen molar-refractivity contribution in [2.24, 2.45) is 5.41 Å². The molecule has 1 rings (SSSR count). The summed E-state index contributed by atoms with van der Waals surface area (Å²) in [5.74, 6) is -1.32. The Morgan fingerprint density at radius 2 is 2.06 bits per heavy atom. The van der Waals surface area contributed by atoms with Crippen molar-refractivity contribution in [2.45, 2.75) is 25.7 Å². The second kappa shape index (κ2) is 5.30. The first-order valence-electron chi connectivity index (χ1n) is 5.49. The molecule has 0 spiro atoms. The number of nitrogens with zero attached hydrogens (tertiary/aromatic N) is 1. The number of hydrogen-bond donors (Lipinski definition) is 1. The fourth-order valence-corrected chi connectivity index (χ4v) is 2.14. The van der Waals surface area contributed by atoms with Crippen LogP contribution in [-0.4, -0.2) is 49.2 Å². The minimum absolute atomic E-state index is 0.0212. The molecule has 0 aromatic heterocycles. The van der Waals surface area contributed by atoms with E-state index in [0.29, 0.717) is 19.4 Å². The first-order chi connectivity index (χ1) is 7.50. The lowest BCUT2D eigenvalue weighted by molar-refractivity contribution is -0.157. The van der Waals surface area contributed by atoms with Gasteiger partial charge in [-0.1, -0.05) is 0 Å². The maximum atomic E-state index is 11.4. The summed E-state index contributed by atoms with van der Waals surface area (Å²) in [6, 6.07) is 0. The molecule has 1 N–H and O–H groups in total. The summed E-state index contributed by atoms with van der Waals surface area (Å²) in [5.41, 5.74) is -0.933. The third kappa shape index (κ3) is 2.95. The van der Waals surface area contributed by atoms with E-state index < -0.39 is 17.4 Å². The van der Waals surface area contributed by atoms with Crippen molar-refractivity contribution >= 4 is 11.9 Å². The SMILES string of the molecule is COC(=O)CC1(C(=O)O)CCCN(C)CC1. The molecule has 5 heteroatoms. The number of likely N-dealkylation sites (tertiary alicyclic amines) is 1. The zero-order valence-electron chi connectivity index (χ0n) is 9.86. The maximum Gasteiger partial charge on any atom is 0.310 e. The van der Waals surface area contributed by atoms with Crippen LogP contribution in [0.25, 0.3) is 0 Å². The van der Waals surface area contributed by atoms with E-state index in [1.807, 2.05) is 7.05 Å². The highest BCUT2D eigenvalue weighted by molar-refractivity contribution is 5.82. The van der Waals surface area contributed by atoms with Crippen LogP contribution in [-0.2, 0) is 14.3 Å². The maximum absolute atomic E-state index is 11.4. The van der Waals surface area contributed by atoms with Gasteiger partial charge >= 0.3 is 11.9 Å². The molecule has 1 fully saturated rings. The zero-order chi connectivity index (χ0) is 12.2. The molecule has 92 valence electrons. The predicted octanol–water partition coefficient (Wildman–Crippen LogP) is 0.736. The van der Waals surface area contributed by atoms with Crippen molar-refractivity contribution in [1.82, 2.24) is 4.90 Å². The lowest BCUT2D eigenvalue weighted by Gasteiger charge is -2.26. The van der Waals surface area contributed by atoms with Gasteiger partial charge in [0.15, 0.2) is 0 Å². The molecule has 1 saturated heterocycles. The number of carboxylic acid groups (broad SMARTS) is 1. The van der Waals surface area contributed by atoms with Gasteiger partial charge in [0.05, 0.1) is 18.9 Å². The Morgan fingerprint density at radius 1 is 1.38 bits per heavy atom. The summed E-state index contributed by atoms with van der Waals surface area (Å²) >= 11 is 0. The Labute approximate surface area is 95.4 Å². The highest BCUT2D eigenvalue weighted by atomic mass is 16.5. The molecule has 0 saturated carbocycles. The predicted molar refractivity (Wildman–Crippen MR) is 58.0 cm³/mol. The van der Waals surface area contributed by atoms with Crippen LogP contribution in [0, 0.1) is 5.41 Å². The van der Waals surface area contributed by atoms with Crippen LogP contribution < -0.4 is 0 Å². The number of esters is 1. The second-order valence-corrected chi connectivity index (χ2v) is 4.50. The van der Waals surface area contributed by atoms with Gasteiger partial charge in [-0.15, -0.1) is 0 Å². The highest BCUT2D eigenvalue weighted by Crippen LogP contribution is 2.35. The normalized spacial score (nSPS) is 27.1. The standard InChI is InChI=1S/C11H19NO4/c1-12-6-3-4-11(5-7-12,10(14)15)8-9(13)16-2/h3-8H2,1-2H3,(H,14,15). The second-order valence-electron chi connectivity index (χ2n) is 4.50. The van der Waals surface area contributed by atoms with Crippen LogP contribution in [0.4, 0.5) is 0 Å². The third-order valence-electron chi connectivity index (χ3n) is 3.33. The molecule has 1 unspecified atom stereocenters. The van der Waals surface area contributed by atoms with E-state index in [-0.39, 0.29) is 6.42 Å². The van der Waals surface area contributed by atoms with Gasteiger partial charge < -0.3 is 14.7 Å². The van der Waals surface area contributed by atoms with E-state index in [4.69, 9.17) is 0 Å². The van der Waals surface area contributed by atoms with Crippen molar-refractivity contribution in [1.29, 1.82) is 0 Å². The van der Waals surface area contributed by atoms with E-state index in [2.05, 4.69) is 9.64 Å². The monoisotopic (exact) mass is 229 g/mol. The summed E-state index contributed by atoms with van der Waals surface area (Å²) in [6.07, 6.45) is 1.84. The first kappa shape index (κ1) is 13.0. The molecule has 16 heavy (non-hydrogen) atoms. The molecule has 0 amide bonds. The van der Waals surface area contributed by atoms with Crippen molar-refractivity contribution < 1.29 is 19.4 Å². The van der Waals surface area contributed by atoms with Crippen molar-refractivity contribution in [3.05, 3.63) is 0 Å². The molecule has 0 aromatic carbocycles. The summed E-state index contributed by atoms with van der Waals surface area (Å²) in [5, 5.41) is 9.32. The Kier molecular flexibility index (Phi) is 4.29. The minimum atomic E-state index is -0.933. The van der Waals surface area contributed by atoms with Gasteiger partial charge in [0.2, 0.25) is 0 Å². The van der Waals surface area contributed by atoms with Gasteiger partial charge in [-0.2, -0.15) is 0 Å². The quantitative estimate of drug-likeness (QED) is 0.723. The number of carbonyl (C=O) groups excluding carboxylic acids is 1. The summed E-state index contributed by atoms with van der Waals surface area (Å²) in [4.78, 5) is 24.7. The Bertz CT molecular complexity index is 279. The molecule has 0 radical (unpaired) electrons. The van der Waals surface area contributed by atoms with Crippen molar-refractivity contribution in [2.75, 3.05) is 27.2 Å². The molecule has 1 atom stereocenters. The van der Waals surface area contributed by atoms with E-state index in [1.54, 1.807) is 0 Å². The van der Waals surface area contributed by atoms with Gasteiger partial charge in [0, 0.05) is 0 Å². The largest absolute Gasteiger partial charge is 0.481 e. The van der Waals surface area contributed by atoms with Crippen LogP contribution in [0.15, 0.2) is 0 Å². The van der Waals surface area contributed by atoms with E-state index in [0.717, 1.165) is 13.0 Å². The van der Waals surface area contributed by atoms with E-state index >= 15 is 0 Å². The minimum Gasteiger partial charge on any atom is -0.481 e. The van der Waals surface area contributed by atoms with Crippen molar-refractivity contribution in [3.63, 3.8) is 0 Å². The van der Waals surface area contributed by atoms with Crippen LogP contribution in [0.3, 0.4) is 0 Å². The number of methoxy groups -OCH3 is 1. The molecule has 5 nitrogen and oxygen atoms in total. The Morgan fingerprint density at radius 3 is 2.62 bits per heavy atom. The smallest absolute Gasteiger partial charge is 0.310 e. The van der Waals surface area contributed by atoms with Crippen LogP contribution in [0.1, 0.15) is 25.7 Å². The van der Waals surface area contributed by atoms with Crippen LogP contribution >= 0.6 is 0 Å². The molecule has 0 aromatic rings. The molecule has 1 heterocycles. The number of carboxylic acids is 1. The van der Waals surface area contributed by atoms with Gasteiger partial charge in [0.1, 0.15) is 0 Å². The van der Waals surface area contributed by atoms with Gasteiger partial charge in [0.25, 0.3) is 0 Å². The molecular weight excluding hydrogens is 210 g/mol. The van der Waals surface area contributed by atoms with E-state index in [1.165, 1.54) is 7.11 Å². The van der Waals surface area contributed by atoms with Crippen LogP contribution in [0.2, 0.25) is 0 Å². The number of carbonyl (C=O) groups is 2. The lowest BCUT2D eigenvalue weighted by atomic mass is 9.78. The average molecular weight is 229 g/mol. The zero-order valence-corrected chi connectivity index (χ0v) is 9.86. The number of hydrogen-bond acceptors (Lipinski definition) is 4. The molecule has 0 aliphatic carbocycles. The van der Waals surface area contributed by atoms with Gasteiger partial charge in [-0.05, 0) is 39.4 Å². The molecule has 1 aliphatic heterocycles. The lowest BCUT2D eigenvalue weighted by Crippen LogP contribution is -2.35. The first-order valence-corrected chi connectivity index (χ1v) is 5.49. The Balaban J connectivity index is 2.78. The summed E-state index contributed by atoms with van der Waals surface area (Å²) < 4.78 is 4.58. The molecule has 1 aliphatic rings. The fourth-order valence-electron chi connectivity index (χ4n) is 2.14. The summed E-state index contributed by atoms with van der Waals surface area (Å²) in [6.45, 7) is 1.60. The Hall–Kier alpha value is -1.10. The van der Waals surface area contributed by atoms with Crippen molar-refractivity contribution in [3.8, 4) is 0 Å². The van der Waals surface area contributed by atoms with Gasteiger partial charge in [-0.25, -0.2) is 0 Å². The number of ether oxygens (including phenoxy) is 1. The number of aliphatic carboxylic acids is 1. The van der Waals surface area contributed by atoms with E-state index in [9.17, 15) is 14.7 Å².